The molecular formula is C16H22F3NO2. The van der Waals surface area contributed by atoms with Crippen LogP contribution in [0, 0.1) is 5.92 Å². The van der Waals surface area contributed by atoms with Crippen LogP contribution in [-0.4, -0.2) is 31.9 Å². The third-order valence-electron chi connectivity index (χ3n) is 3.67. The van der Waals surface area contributed by atoms with E-state index < -0.39 is 11.7 Å². The maximum Gasteiger partial charge on any atom is 0.416 e. The van der Waals surface area contributed by atoms with Crippen LogP contribution in [0.5, 0.6) is 5.75 Å². The third kappa shape index (κ3) is 4.88. The molecule has 0 aliphatic carbocycles. The molecule has 0 radical (unpaired) electrons. The first-order chi connectivity index (χ1) is 10.4. The van der Waals surface area contributed by atoms with Crippen molar-refractivity contribution in [1.82, 2.24) is 5.32 Å². The minimum absolute atomic E-state index is 0.0574. The summed E-state index contributed by atoms with van der Waals surface area (Å²) in [7, 11) is 0. The lowest BCUT2D eigenvalue weighted by Crippen LogP contribution is -2.34. The fourth-order valence-corrected chi connectivity index (χ4v) is 2.47. The topological polar surface area (TPSA) is 30.5 Å². The smallest absolute Gasteiger partial charge is 0.416 e. The summed E-state index contributed by atoms with van der Waals surface area (Å²) in [6, 6.07) is 5.01. The Labute approximate surface area is 128 Å². The first-order valence-corrected chi connectivity index (χ1v) is 7.52. The van der Waals surface area contributed by atoms with Crippen molar-refractivity contribution in [3.05, 3.63) is 29.8 Å². The van der Waals surface area contributed by atoms with Gasteiger partial charge in [-0.15, -0.1) is 0 Å². The summed E-state index contributed by atoms with van der Waals surface area (Å²) in [5, 5.41) is 3.25. The lowest BCUT2D eigenvalue weighted by Gasteiger charge is -2.25. The quantitative estimate of drug-likeness (QED) is 0.871. The van der Waals surface area contributed by atoms with Crippen molar-refractivity contribution in [2.45, 2.75) is 38.7 Å². The molecule has 0 bridgehead atoms. The Morgan fingerprint density at radius 2 is 2.09 bits per heavy atom. The molecule has 0 spiro atoms. The zero-order chi connectivity index (χ0) is 16.2. The Kier molecular flexibility index (Phi) is 5.69. The molecule has 0 amide bonds. The fraction of sp³-hybridized carbons (Fsp3) is 0.625. The highest BCUT2D eigenvalue weighted by molar-refractivity contribution is 5.30. The van der Waals surface area contributed by atoms with Crippen LogP contribution >= 0.6 is 0 Å². The number of rotatable bonds is 6. The van der Waals surface area contributed by atoms with Crippen molar-refractivity contribution in [2.75, 3.05) is 19.7 Å². The predicted molar refractivity (Wildman–Crippen MR) is 77.9 cm³/mol. The summed E-state index contributed by atoms with van der Waals surface area (Å²) in [5.74, 6) is 0.479. The van der Waals surface area contributed by atoms with Crippen molar-refractivity contribution >= 4 is 0 Å². The molecule has 2 rings (SSSR count). The molecule has 1 aliphatic rings. The van der Waals surface area contributed by atoms with Gasteiger partial charge >= 0.3 is 6.18 Å². The Morgan fingerprint density at radius 1 is 1.32 bits per heavy atom. The molecule has 1 aromatic rings. The molecule has 1 aromatic carbocycles. The van der Waals surface area contributed by atoms with Gasteiger partial charge in [0.1, 0.15) is 11.9 Å². The second kappa shape index (κ2) is 7.33. The van der Waals surface area contributed by atoms with Gasteiger partial charge in [-0.1, -0.05) is 6.07 Å². The minimum atomic E-state index is -4.36. The van der Waals surface area contributed by atoms with E-state index in [1.807, 2.05) is 13.8 Å². The standard InChI is InChI=1S/C16H22F3NO2/c1-11(2)21-10-15(12-6-7-20-9-12)22-14-5-3-4-13(8-14)16(17,18)19/h3-5,8,11-12,15,20H,6-7,9-10H2,1-2H3/t12?,15-/m0/s1. The molecule has 1 aliphatic heterocycles. The minimum Gasteiger partial charge on any atom is -0.488 e. The highest BCUT2D eigenvalue weighted by Gasteiger charge is 2.32. The first kappa shape index (κ1) is 17.1. The van der Waals surface area contributed by atoms with Crippen molar-refractivity contribution in [3.8, 4) is 5.75 Å². The Bertz CT molecular complexity index is 471. The second-order valence-corrected chi connectivity index (χ2v) is 5.82. The van der Waals surface area contributed by atoms with Crippen LogP contribution in [-0.2, 0) is 10.9 Å². The van der Waals surface area contributed by atoms with Crippen molar-refractivity contribution < 1.29 is 22.6 Å². The molecule has 1 unspecified atom stereocenters. The molecule has 1 N–H and O–H groups in total. The van der Waals surface area contributed by atoms with Crippen LogP contribution in [0.2, 0.25) is 0 Å². The van der Waals surface area contributed by atoms with Gasteiger partial charge in [-0.2, -0.15) is 13.2 Å². The molecule has 0 aromatic heterocycles. The maximum atomic E-state index is 12.8. The zero-order valence-electron chi connectivity index (χ0n) is 12.8. The van der Waals surface area contributed by atoms with E-state index in [0.29, 0.717) is 6.61 Å². The molecule has 124 valence electrons. The number of hydrogen-bond donors (Lipinski definition) is 1. The number of ether oxygens (including phenoxy) is 2. The average molecular weight is 317 g/mol. The summed E-state index contributed by atoms with van der Waals surface area (Å²) < 4.78 is 49.7. The van der Waals surface area contributed by atoms with E-state index >= 15 is 0 Å². The molecule has 1 saturated heterocycles. The van der Waals surface area contributed by atoms with E-state index in [1.54, 1.807) is 6.07 Å². The van der Waals surface area contributed by atoms with E-state index in [1.165, 1.54) is 6.07 Å². The van der Waals surface area contributed by atoms with Crippen molar-refractivity contribution in [2.24, 2.45) is 5.92 Å². The van der Waals surface area contributed by atoms with Gasteiger partial charge in [-0.05, 0) is 45.0 Å². The summed E-state index contributed by atoms with van der Waals surface area (Å²) in [6.07, 6.45) is -3.62. The van der Waals surface area contributed by atoms with E-state index in [-0.39, 0.29) is 23.9 Å². The first-order valence-electron chi connectivity index (χ1n) is 7.52. The molecule has 1 heterocycles. The van der Waals surface area contributed by atoms with Crippen molar-refractivity contribution in [1.29, 1.82) is 0 Å². The van der Waals surface area contributed by atoms with Crippen molar-refractivity contribution in [3.63, 3.8) is 0 Å². The fourth-order valence-electron chi connectivity index (χ4n) is 2.47. The van der Waals surface area contributed by atoms with E-state index in [4.69, 9.17) is 9.47 Å². The molecule has 2 atom stereocenters. The van der Waals surface area contributed by atoms with Crippen LogP contribution in [0.15, 0.2) is 24.3 Å². The van der Waals surface area contributed by atoms with Gasteiger partial charge in [0.05, 0.1) is 18.3 Å². The molecular weight excluding hydrogens is 295 g/mol. The summed E-state index contributed by atoms with van der Waals surface area (Å²) in [4.78, 5) is 0. The second-order valence-electron chi connectivity index (χ2n) is 5.82. The Hall–Kier alpha value is -1.27. The van der Waals surface area contributed by atoms with Gasteiger partial charge in [-0.25, -0.2) is 0 Å². The number of alkyl halides is 3. The highest BCUT2D eigenvalue weighted by atomic mass is 19.4. The SMILES string of the molecule is CC(C)OC[C@H](Oc1cccc(C(F)(F)F)c1)C1CCNC1. The van der Waals surface area contributed by atoms with Gasteiger partial charge in [-0.3, -0.25) is 0 Å². The van der Waals surface area contributed by atoms with E-state index in [2.05, 4.69) is 5.32 Å². The van der Waals surface area contributed by atoms with Gasteiger partial charge in [0.25, 0.3) is 0 Å². The highest BCUT2D eigenvalue weighted by Crippen LogP contribution is 2.32. The largest absolute Gasteiger partial charge is 0.488 e. The van der Waals surface area contributed by atoms with Crippen LogP contribution in [0.1, 0.15) is 25.8 Å². The maximum absolute atomic E-state index is 12.8. The van der Waals surface area contributed by atoms with Gasteiger partial charge < -0.3 is 14.8 Å². The van der Waals surface area contributed by atoms with Crippen LogP contribution < -0.4 is 10.1 Å². The molecule has 0 saturated carbocycles. The lowest BCUT2D eigenvalue weighted by molar-refractivity contribution is -0.137. The van der Waals surface area contributed by atoms with Gasteiger partial charge in [0.2, 0.25) is 0 Å². The molecule has 22 heavy (non-hydrogen) atoms. The summed E-state index contributed by atoms with van der Waals surface area (Å²) >= 11 is 0. The number of benzene rings is 1. The van der Waals surface area contributed by atoms with Crippen LogP contribution in [0.25, 0.3) is 0 Å². The number of halogens is 3. The van der Waals surface area contributed by atoms with Gasteiger partial charge in [0, 0.05) is 12.5 Å². The normalized spacial score (nSPS) is 20.4. The Balaban J connectivity index is 2.08. The summed E-state index contributed by atoms with van der Waals surface area (Å²) in [6.45, 7) is 5.92. The van der Waals surface area contributed by atoms with Gasteiger partial charge in [0.15, 0.2) is 0 Å². The predicted octanol–water partition coefficient (Wildman–Crippen LogP) is 3.49. The Morgan fingerprint density at radius 3 is 2.68 bits per heavy atom. The van der Waals surface area contributed by atoms with E-state index in [0.717, 1.165) is 31.6 Å². The molecule has 1 fully saturated rings. The van der Waals surface area contributed by atoms with Crippen LogP contribution in [0.4, 0.5) is 13.2 Å². The number of hydrogen-bond acceptors (Lipinski definition) is 3. The monoisotopic (exact) mass is 317 g/mol. The van der Waals surface area contributed by atoms with E-state index in [9.17, 15) is 13.2 Å². The summed E-state index contributed by atoms with van der Waals surface area (Å²) in [5.41, 5.74) is -0.696. The average Bonchev–Trinajstić information content (AvgIpc) is 2.96. The third-order valence-corrected chi connectivity index (χ3v) is 3.67. The zero-order valence-corrected chi connectivity index (χ0v) is 12.8. The number of nitrogens with one attached hydrogen (secondary N) is 1. The van der Waals surface area contributed by atoms with Crippen LogP contribution in [0.3, 0.4) is 0 Å². The lowest BCUT2D eigenvalue weighted by atomic mass is 10.0. The molecule has 6 heteroatoms. The molecule has 3 nitrogen and oxygen atoms in total.